The summed E-state index contributed by atoms with van der Waals surface area (Å²) in [5, 5.41) is 10.9. The Bertz CT molecular complexity index is 1100. The molecular weight excluding hydrogens is 521 g/mol. The second-order valence-corrected chi connectivity index (χ2v) is 9.82. The normalized spacial score (nSPS) is 18.4. The Morgan fingerprint density at radius 3 is 2.57 bits per heavy atom. The third-order valence-electron chi connectivity index (χ3n) is 5.26. The summed E-state index contributed by atoms with van der Waals surface area (Å²) >= 11 is 6.14. The molecule has 1 saturated heterocycles. The van der Waals surface area contributed by atoms with Gasteiger partial charge in [0.25, 0.3) is 5.91 Å². The summed E-state index contributed by atoms with van der Waals surface area (Å²) in [5.41, 5.74) is 0.429. The van der Waals surface area contributed by atoms with Crippen LogP contribution in [0.15, 0.2) is 22.6 Å². The van der Waals surface area contributed by atoms with Crippen LogP contribution in [0.1, 0.15) is 61.5 Å². The molecule has 0 bridgehead atoms. The van der Waals surface area contributed by atoms with Crippen LogP contribution in [0.3, 0.4) is 0 Å². The maximum atomic E-state index is 13.0. The van der Waals surface area contributed by atoms with Crippen LogP contribution in [0, 0.1) is 6.92 Å². The molecule has 2 heterocycles. The largest absolute Gasteiger partial charge is 0.522 e. The van der Waals surface area contributed by atoms with Crippen LogP contribution in [-0.2, 0) is 9.47 Å². The van der Waals surface area contributed by atoms with E-state index in [2.05, 4.69) is 20.3 Å². The van der Waals surface area contributed by atoms with Gasteiger partial charge in [-0.3, -0.25) is 14.4 Å². The lowest BCUT2D eigenvalue weighted by Gasteiger charge is -2.38. The molecule has 2 aromatic rings. The molecule has 1 aliphatic rings. The molecule has 10 nitrogen and oxygen atoms in total. The molecule has 1 aromatic heterocycles. The molecule has 1 fully saturated rings. The SMILES string of the molecule is Cc1ccc(C(=O)N[C@H]2CC[C@H](c3nnc(OCCOC(F)(F)F)o3)N(C(=O)OC(C)(C)C)C2)cc1Cl. The van der Waals surface area contributed by atoms with E-state index in [1.54, 1.807) is 39.0 Å². The van der Waals surface area contributed by atoms with Crippen molar-refractivity contribution in [2.45, 2.75) is 64.6 Å². The van der Waals surface area contributed by atoms with E-state index in [1.807, 2.05) is 6.92 Å². The van der Waals surface area contributed by atoms with E-state index in [4.69, 9.17) is 25.5 Å². The standard InChI is InChI=1S/C23H28ClF3N4O6/c1-13-5-6-14(11-16(13)24)18(32)28-15-7-8-17(31(12-15)21(33)37-22(2,3)4)19-29-30-20(36-19)34-9-10-35-23(25,26)27/h5-6,11,15,17H,7-10,12H2,1-4H3,(H,28,32)/t15-,17+/m0/s1. The minimum absolute atomic E-state index is 0.0210. The van der Waals surface area contributed by atoms with E-state index in [-0.39, 0.29) is 24.4 Å². The quantitative estimate of drug-likeness (QED) is 0.490. The molecule has 0 spiro atoms. The van der Waals surface area contributed by atoms with Crippen LogP contribution in [0.25, 0.3) is 0 Å². The number of aromatic nitrogens is 2. The van der Waals surface area contributed by atoms with E-state index in [1.165, 1.54) is 4.90 Å². The smallest absolute Gasteiger partial charge is 0.447 e. The predicted octanol–water partition coefficient (Wildman–Crippen LogP) is 4.82. The maximum Gasteiger partial charge on any atom is 0.522 e. The predicted molar refractivity (Wildman–Crippen MR) is 124 cm³/mol. The van der Waals surface area contributed by atoms with Crippen LogP contribution in [0.4, 0.5) is 18.0 Å². The maximum absolute atomic E-state index is 13.0. The fraction of sp³-hybridized carbons (Fsp3) is 0.565. The first-order chi connectivity index (χ1) is 17.2. The van der Waals surface area contributed by atoms with Gasteiger partial charge >= 0.3 is 18.5 Å². The first-order valence-corrected chi connectivity index (χ1v) is 11.8. The molecule has 3 rings (SSSR count). The lowest BCUT2D eigenvalue weighted by Crippen LogP contribution is -2.52. The van der Waals surface area contributed by atoms with E-state index in [0.29, 0.717) is 23.4 Å². The van der Waals surface area contributed by atoms with Gasteiger partial charge in [0.1, 0.15) is 18.2 Å². The number of halogens is 4. The van der Waals surface area contributed by atoms with Crippen LogP contribution >= 0.6 is 11.6 Å². The Labute approximate surface area is 216 Å². The van der Waals surface area contributed by atoms with Gasteiger partial charge in [0, 0.05) is 23.2 Å². The van der Waals surface area contributed by atoms with Crippen LogP contribution in [-0.4, -0.2) is 64.9 Å². The van der Waals surface area contributed by atoms with Gasteiger partial charge in [-0.1, -0.05) is 22.8 Å². The molecule has 1 aliphatic heterocycles. The number of nitrogens with zero attached hydrogens (tertiary/aromatic N) is 3. The van der Waals surface area contributed by atoms with Crippen molar-refractivity contribution in [2.24, 2.45) is 0 Å². The second kappa shape index (κ2) is 11.5. The summed E-state index contributed by atoms with van der Waals surface area (Å²) in [7, 11) is 0. The molecular formula is C23H28ClF3N4O6. The van der Waals surface area contributed by atoms with Crippen molar-refractivity contribution in [3.05, 3.63) is 40.2 Å². The monoisotopic (exact) mass is 548 g/mol. The average molecular weight is 549 g/mol. The Kier molecular flexibility index (Phi) is 8.90. The summed E-state index contributed by atoms with van der Waals surface area (Å²) in [4.78, 5) is 27.2. The van der Waals surface area contributed by atoms with Gasteiger partial charge in [-0.25, -0.2) is 4.79 Å². The minimum atomic E-state index is -4.78. The van der Waals surface area contributed by atoms with Crippen molar-refractivity contribution in [3.63, 3.8) is 0 Å². The Balaban J connectivity index is 1.69. The fourth-order valence-electron chi connectivity index (χ4n) is 3.57. The third-order valence-corrected chi connectivity index (χ3v) is 5.67. The van der Waals surface area contributed by atoms with Crippen molar-refractivity contribution in [2.75, 3.05) is 19.8 Å². The van der Waals surface area contributed by atoms with E-state index >= 15 is 0 Å². The molecule has 0 saturated carbocycles. The molecule has 2 atom stereocenters. The molecule has 1 N–H and O–H groups in total. The Hall–Kier alpha value is -3.06. The summed E-state index contributed by atoms with van der Waals surface area (Å²) in [6.45, 7) is 5.82. The number of amides is 2. The fourth-order valence-corrected chi connectivity index (χ4v) is 3.75. The van der Waals surface area contributed by atoms with Gasteiger partial charge in [-0.2, -0.15) is 0 Å². The highest BCUT2D eigenvalue weighted by atomic mass is 35.5. The lowest BCUT2D eigenvalue weighted by atomic mass is 9.98. The van der Waals surface area contributed by atoms with Crippen LogP contribution in [0.5, 0.6) is 6.08 Å². The topological polar surface area (TPSA) is 116 Å². The Morgan fingerprint density at radius 2 is 1.92 bits per heavy atom. The number of aryl methyl sites for hydroxylation is 1. The molecule has 204 valence electrons. The number of hydrogen-bond acceptors (Lipinski definition) is 8. The summed E-state index contributed by atoms with van der Waals surface area (Å²) in [6.07, 6.45) is -5.01. The summed E-state index contributed by atoms with van der Waals surface area (Å²) < 4.78 is 55.9. The molecule has 1 aromatic carbocycles. The average Bonchev–Trinajstić information content (AvgIpc) is 3.25. The van der Waals surface area contributed by atoms with E-state index in [0.717, 1.165) is 5.56 Å². The van der Waals surface area contributed by atoms with E-state index < -0.39 is 43.4 Å². The van der Waals surface area contributed by atoms with Crippen molar-refractivity contribution >= 4 is 23.6 Å². The van der Waals surface area contributed by atoms with Gasteiger partial charge in [0.2, 0.25) is 5.89 Å². The number of hydrogen-bond donors (Lipinski definition) is 1. The van der Waals surface area contributed by atoms with Gasteiger partial charge in [0.15, 0.2) is 0 Å². The molecule has 37 heavy (non-hydrogen) atoms. The first kappa shape index (κ1) is 28.5. The van der Waals surface area contributed by atoms with Gasteiger partial charge in [-0.05, 0) is 58.2 Å². The molecule has 2 amide bonds. The number of alkyl halides is 3. The minimum Gasteiger partial charge on any atom is -0.447 e. The number of benzene rings is 1. The third kappa shape index (κ3) is 8.49. The van der Waals surface area contributed by atoms with Crippen molar-refractivity contribution in [1.82, 2.24) is 20.4 Å². The Morgan fingerprint density at radius 1 is 1.19 bits per heavy atom. The molecule has 0 radical (unpaired) electrons. The van der Waals surface area contributed by atoms with Crippen LogP contribution in [0.2, 0.25) is 5.02 Å². The molecule has 14 heteroatoms. The van der Waals surface area contributed by atoms with Crippen molar-refractivity contribution in [1.29, 1.82) is 0 Å². The molecule has 0 aliphatic carbocycles. The zero-order valence-electron chi connectivity index (χ0n) is 20.7. The number of carbonyl (C=O) groups is 2. The highest BCUT2D eigenvalue weighted by Crippen LogP contribution is 2.33. The number of piperidine rings is 1. The summed E-state index contributed by atoms with van der Waals surface area (Å²) in [6, 6.07) is 3.87. The lowest BCUT2D eigenvalue weighted by molar-refractivity contribution is -0.325. The number of nitrogens with one attached hydrogen (secondary N) is 1. The second-order valence-electron chi connectivity index (χ2n) is 9.41. The van der Waals surface area contributed by atoms with Gasteiger partial charge in [0.05, 0.1) is 6.61 Å². The number of rotatable bonds is 7. The van der Waals surface area contributed by atoms with Gasteiger partial charge < -0.3 is 19.2 Å². The number of ether oxygens (including phenoxy) is 3. The summed E-state index contributed by atoms with van der Waals surface area (Å²) in [5.74, 6) is -0.322. The zero-order chi connectivity index (χ0) is 27.4. The first-order valence-electron chi connectivity index (χ1n) is 11.5. The highest BCUT2D eigenvalue weighted by molar-refractivity contribution is 6.31. The van der Waals surface area contributed by atoms with Gasteiger partial charge in [-0.15, -0.1) is 18.3 Å². The highest BCUT2D eigenvalue weighted by Gasteiger charge is 2.39. The van der Waals surface area contributed by atoms with Crippen molar-refractivity contribution < 1.29 is 41.4 Å². The number of carbonyl (C=O) groups excluding carboxylic acids is 2. The van der Waals surface area contributed by atoms with Crippen molar-refractivity contribution in [3.8, 4) is 6.08 Å². The number of likely N-dealkylation sites (tertiary alicyclic amines) is 1. The van der Waals surface area contributed by atoms with Crippen LogP contribution < -0.4 is 10.1 Å². The zero-order valence-corrected chi connectivity index (χ0v) is 21.5. The molecule has 0 unspecified atom stereocenters. The van der Waals surface area contributed by atoms with E-state index in [9.17, 15) is 22.8 Å².